The molecule has 2 aromatic carbocycles. The number of aryl methyl sites for hydroxylation is 1. The first-order valence-corrected chi connectivity index (χ1v) is 7.31. The second-order valence-corrected chi connectivity index (χ2v) is 5.11. The Kier molecular flexibility index (Phi) is 8.01. The van der Waals surface area contributed by atoms with Crippen LogP contribution in [0.3, 0.4) is 0 Å². The SMILES string of the molecule is Cc1ccccc1CCN=C(N)Nc1ccccc1OC(F)(F)F.I. The van der Waals surface area contributed by atoms with Gasteiger partial charge in [-0.15, -0.1) is 37.1 Å². The predicted molar refractivity (Wildman–Crippen MR) is 104 cm³/mol. The third-order valence-corrected chi connectivity index (χ3v) is 3.30. The van der Waals surface area contributed by atoms with Crippen molar-refractivity contribution in [1.82, 2.24) is 0 Å². The maximum atomic E-state index is 12.4. The lowest BCUT2D eigenvalue weighted by molar-refractivity contribution is -0.274. The van der Waals surface area contributed by atoms with E-state index in [2.05, 4.69) is 15.0 Å². The minimum absolute atomic E-state index is 0. The van der Waals surface area contributed by atoms with Crippen LogP contribution >= 0.6 is 24.0 Å². The molecule has 8 heteroatoms. The van der Waals surface area contributed by atoms with E-state index in [1.807, 2.05) is 31.2 Å². The van der Waals surface area contributed by atoms with Gasteiger partial charge in [0.25, 0.3) is 0 Å². The monoisotopic (exact) mass is 465 g/mol. The number of halogens is 4. The van der Waals surface area contributed by atoms with Gasteiger partial charge in [-0.1, -0.05) is 36.4 Å². The summed E-state index contributed by atoms with van der Waals surface area (Å²) in [5.41, 5.74) is 8.15. The average Bonchev–Trinajstić information content (AvgIpc) is 2.50. The molecule has 0 saturated heterocycles. The Morgan fingerprint density at radius 3 is 2.44 bits per heavy atom. The molecule has 0 bridgehead atoms. The highest BCUT2D eigenvalue weighted by molar-refractivity contribution is 14.0. The number of ether oxygens (including phenoxy) is 1. The Balaban J connectivity index is 0.00000312. The third kappa shape index (κ3) is 7.20. The van der Waals surface area contributed by atoms with E-state index < -0.39 is 6.36 Å². The third-order valence-electron chi connectivity index (χ3n) is 3.30. The number of nitrogens with two attached hydrogens (primary N) is 1. The van der Waals surface area contributed by atoms with E-state index in [0.717, 1.165) is 11.1 Å². The van der Waals surface area contributed by atoms with Gasteiger partial charge in [-0.3, -0.25) is 4.99 Å². The lowest BCUT2D eigenvalue weighted by Gasteiger charge is -2.14. The molecule has 25 heavy (non-hydrogen) atoms. The van der Waals surface area contributed by atoms with Crippen LogP contribution in [-0.2, 0) is 6.42 Å². The van der Waals surface area contributed by atoms with Crippen LogP contribution in [0.1, 0.15) is 11.1 Å². The average molecular weight is 465 g/mol. The molecule has 0 fully saturated rings. The van der Waals surface area contributed by atoms with Crippen LogP contribution in [0.25, 0.3) is 0 Å². The van der Waals surface area contributed by atoms with Crippen LogP contribution < -0.4 is 15.8 Å². The number of anilines is 1. The van der Waals surface area contributed by atoms with Crippen molar-refractivity contribution in [2.75, 3.05) is 11.9 Å². The quantitative estimate of drug-likeness (QED) is 0.389. The van der Waals surface area contributed by atoms with Gasteiger partial charge in [0, 0.05) is 6.54 Å². The zero-order valence-electron chi connectivity index (χ0n) is 13.5. The van der Waals surface area contributed by atoms with Crippen molar-refractivity contribution in [1.29, 1.82) is 0 Å². The van der Waals surface area contributed by atoms with E-state index >= 15 is 0 Å². The standard InChI is InChI=1S/C17H18F3N3O.HI/c1-12-6-2-3-7-13(12)10-11-22-16(21)23-14-8-4-5-9-15(14)24-17(18,19)20;/h2-9H,10-11H2,1H3,(H3,21,22,23);1H. The van der Waals surface area contributed by atoms with E-state index in [0.29, 0.717) is 13.0 Å². The Morgan fingerprint density at radius 2 is 1.76 bits per heavy atom. The fraction of sp³-hybridized carbons (Fsp3) is 0.235. The lowest BCUT2D eigenvalue weighted by atomic mass is 10.1. The minimum Gasteiger partial charge on any atom is -0.404 e. The molecule has 0 amide bonds. The van der Waals surface area contributed by atoms with Gasteiger partial charge < -0.3 is 15.8 Å². The molecule has 2 rings (SSSR count). The highest BCUT2D eigenvalue weighted by atomic mass is 127. The van der Waals surface area contributed by atoms with Gasteiger partial charge >= 0.3 is 6.36 Å². The van der Waals surface area contributed by atoms with Crippen LogP contribution in [0.2, 0.25) is 0 Å². The van der Waals surface area contributed by atoms with Gasteiger partial charge in [0.15, 0.2) is 11.7 Å². The smallest absolute Gasteiger partial charge is 0.404 e. The van der Waals surface area contributed by atoms with Gasteiger partial charge in [-0.2, -0.15) is 0 Å². The van der Waals surface area contributed by atoms with Gasteiger partial charge in [-0.05, 0) is 36.6 Å². The van der Waals surface area contributed by atoms with Crippen LogP contribution in [0.4, 0.5) is 18.9 Å². The van der Waals surface area contributed by atoms with Crippen molar-refractivity contribution in [2.24, 2.45) is 10.7 Å². The summed E-state index contributed by atoms with van der Waals surface area (Å²) >= 11 is 0. The molecule has 0 spiro atoms. The molecule has 0 aliphatic carbocycles. The van der Waals surface area contributed by atoms with Gasteiger partial charge in [0.1, 0.15) is 0 Å². The largest absolute Gasteiger partial charge is 0.573 e. The molecule has 0 radical (unpaired) electrons. The predicted octanol–water partition coefficient (Wildman–Crippen LogP) is 4.48. The summed E-state index contributed by atoms with van der Waals surface area (Å²) < 4.78 is 41.1. The maximum Gasteiger partial charge on any atom is 0.573 e. The minimum atomic E-state index is -4.77. The number of para-hydroxylation sites is 2. The Hall–Kier alpha value is -1.97. The number of hydrogen-bond donors (Lipinski definition) is 2. The van der Waals surface area contributed by atoms with E-state index in [9.17, 15) is 13.2 Å². The van der Waals surface area contributed by atoms with E-state index in [-0.39, 0.29) is 41.4 Å². The Bertz CT molecular complexity index is 720. The summed E-state index contributed by atoms with van der Waals surface area (Å²) in [7, 11) is 0. The molecule has 2 aromatic rings. The fourth-order valence-electron chi connectivity index (χ4n) is 2.15. The number of alkyl halides is 3. The molecule has 0 heterocycles. The molecule has 3 N–H and O–H groups in total. The van der Waals surface area contributed by atoms with Crippen LogP contribution in [0.5, 0.6) is 5.75 Å². The first-order chi connectivity index (χ1) is 11.3. The zero-order chi connectivity index (χ0) is 17.6. The molecule has 0 atom stereocenters. The van der Waals surface area contributed by atoms with Gasteiger partial charge in [0.2, 0.25) is 0 Å². The van der Waals surface area contributed by atoms with E-state index in [1.54, 1.807) is 6.07 Å². The molecule has 0 aromatic heterocycles. The second-order valence-electron chi connectivity index (χ2n) is 5.11. The number of guanidine groups is 1. The molecule has 136 valence electrons. The number of rotatable bonds is 5. The van der Waals surface area contributed by atoms with Crippen molar-refractivity contribution in [2.45, 2.75) is 19.7 Å². The highest BCUT2D eigenvalue weighted by Crippen LogP contribution is 2.29. The van der Waals surface area contributed by atoms with Gasteiger partial charge in [-0.25, -0.2) is 0 Å². The molecule has 0 saturated carbocycles. The number of benzene rings is 2. The summed E-state index contributed by atoms with van der Waals surface area (Å²) in [5, 5.41) is 2.64. The van der Waals surface area contributed by atoms with Crippen molar-refractivity contribution in [3.63, 3.8) is 0 Å². The van der Waals surface area contributed by atoms with Crippen molar-refractivity contribution >= 4 is 35.6 Å². The first-order valence-electron chi connectivity index (χ1n) is 7.31. The normalized spacial score (nSPS) is 11.6. The summed E-state index contributed by atoms with van der Waals surface area (Å²) in [6.07, 6.45) is -4.08. The Morgan fingerprint density at radius 1 is 1.12 bits per heavy atom. The fourth-order valence-corrected chi connectivity index (χ4v) is 2.15. The lowest BCUT2D eigenvalue weighted by Crippen LogP contribution is -2.24. The molecule has 0 unspecified atom stereocenters. The summed E-state index contributed by atoms with van der Waals surface area (Å²) in [4.78, 5) is 4.14. The second kappa shape index (κ2) is 9.50. The van der Waals surface area contributed by atoms with Crippen molar-refractivity contribution < 1.29 is 17.9 Å². The maximum absolute atomic E-state index is 12.4. The van der Waals surface area contributed by atoms with Crippen molar-refractivity contribution in [3.8, 4) is 5.75 Å². The van der Waals surface area contributed by atoms with E-state index in [1.165, 1.54) is 18.2 Å². The first kappa shape index (κ1) is 21.1. The number of hydrogen-bond acceptors (Lipinski definition) is 2. The highest BCUT2D eigenvalue weighted by Gasteiger charge is 2.32. The molecular weight excluding hydrogens is 446 g/mol. The number of nitrogens with one attached hydrogen (secondary N) is 1. The van der Waals surface area contributed by atoms with E-state index in [4.69, 9.17) is 5.73 Å². The molecule has 0 aliphatic rings. The van der Waals surface area contributed by atoms with Crippen LogP contribution in [0, 0.1) is 6.92 Å². The molecule has 4 nitrogen and oxygen atoms in total. The summed E-state index contributed by atoms with van der Waals surface area (Å²) in [6.45, 7) is 2.43. The summed E-state index contributed by atoms with van der Waals surface area (Å²) in [6, 6.07) is 13.6. The number of nitrogens with zero attached hydrogens (tertiary/aromatic N) is 1. The van der Waals surface area contributed by atoms with Crippen LogP contribution in [-0.4, -0.2) is 18.9 Å². The van der Waals surface area contributed by atoms with Crippen LogP contribution in [0.15, 0.2) is 53.5 Å². The number of aliphatic imine (C=N–C) groups is 1. The van der Waals surface area contributed by atoms with Gasteiger partial charge in [0.05, 0.1) is 5.69 Å². The van der Waals surface area contributed by atoms with Crippen molar-refractivity contribution in [3.05, 3.63) is 59.7 Å². The molecular formula is C17H19F3IN3O. The topological polar surface area (TPSA) is 59.6 Å². The summed E-state index contributed by atoms with van der Waals surface area (Å²) in [5.74, 6) is -0.330. The molecule has 0 aliphatic heterocycles. The zero-order valence-corrected chi connectivity index (χ0v) is 15.8. The Labute approximate surface area is 161 Å².